The molecule has 0 saturated carbocycles. The van der Waals surface area contributed by atoms with Gasteiger partial charge in [-0.1, -0.05) is 30.3 Å². The molecule has 132 valence electrons. The number of carbonyl (C=O) groups is 1. The van der Waals surface area contributed by atoms with Crippen molar-refractivity contribution < 1.29 is 13.9 Å². The predicted octanol–water partition coefficient (Wildman–Crippen LogP) is 3.64. The Balaban J connectivity index is 1.31. The number of hydrogen-bond donors (Lipinski definition) is 2. The van der Waals surface area contributed by atoms with Crippen molar-refractivity contribution >= 4 is 22.4 Å². The second-order valence-corrected chi connectivity index (χ2v) is 6.33. The fourth-order valence-corrected chi connectivity index (χ4v) is 3.21. The summed E-state index contributed by atoms with van der Waals surface area (Å²) in [5.41, 5.74) is 2.78. The quantitative estimate of drug-likeness (QED) is 0.668. The summed E-state index contributed by atoms with van der Waals surface area (Å²) in [6.45, 7) is 1.79. The van der Waals surface area contributed by atoms with Gasteiger partial charge in [0.1, 0.15) is 18.2 Å². The molecular weight excluding hydrogens is 331 g/mol. The number of fused-ring (bicyclic) bond motifs is 2. The van der Waals surface area contributed by atoms with Gasteiger partial charge < -0.3 is 15.4 Å². The largest absolute Gasteiger partial charge is 0.492 e. The number of halogens is 1. The van der Waals surface area contributed by atoms with E-state index in [2.05, 4.69) is 10.6 Å². The van der Waals surface area contributed by atoms with E-state index >= 15 is 0 Å². The van der Waals surface area contributed by atoms with Crippen molar-refractivity contribution in [1.82, 2.24) is 5.32 Å². The SMILES string of the molecule is O=C1Cc2c(cccc2OCCNCc2ccc3cccc(F)c3c2)N1. The fraction of sp³-hybridized carbons (Fsp3) is 0.190. The molecule has 0 radical (unpaired) electrons. The minimum atomic E-state index is -0.200. The highest BCUT2D eigenvalue weighted by molar-refractivity contribution is 6.00. The van der Waals surface area contributed by atoms with Crippen molar-refractivity contribution in [2.45, 2.75) is 13.0 Å². The van der Waals surface area contributed by atoms with Gasteiger partial charge in [-0.3, -0.25) is 4.79 Å². The van der Waals surface area contributed by atoms with E-state index in [0.717, 1.165) is 28.0 Å². The van der Waals surface area contributed by atoms with Crippen molar-refractivity contribution in [3.05, 3.63) is 71.5 Å². The molecule has 0 aliphatic carbocycles. The Bertz CT molecular complexity index is 971. The number of anilines is 1. The molecule has 1 aliphatic heterocycles. The summed E-state index contributed by atoms with van der Waals surface area (Å²) in [6, 6.07) is 16.5. The van der Waals surface area contributed by atoms with Crippen molar-refractivity contribution in [2.24, 2.45) is 0 Å². The molecule has 1 heterocycles. The number of ether oxygens (including phenoxy) is 1. The molecule has 0 unspecified atom stereocenters. The lowest BCUT2D eigenvalue weighted by Crippen LogP contribution is -2.20. The van der Waals surface area contributed by atoms with Crippen LogP contribution in [0.3, 0.4) is 0 Å². The highest BCUT2D eigenvalue weighted by atomic mass is 19.1. The highest BCUT2D eigenvalue weighted by Gasteiger charge is 2.21. The van der Waals surface area contributed by atoms with Crippen LogP contribution in [0.5, 0.6) is 5.75 Å². The molecule has 4 nitrogen and oxygen atoms in total. The third kappa shape index (κ3) is 3.39. The average molecular weight is 350 g/mol. The van der Waals surface area contributed by atoms with E-state index in [-0.39, 0.29) is 11.7 Å². The second-order valence-electron chi connectivity index (χ2n) is 6.33. The van der Waals surface area contributed by atoms with Crippen molar-refractivity contribution in [3.8, 4) is 5.75 Å². The third-order valence-corrected chi connectivity index (χ3v) is 4.50. The van der Waals surface area contributed by atoms with Crippen molar-refractivity contribution in [2.75, 3.05) is 18.5 Å². The molecule has 0 spiro atoms. The molecule has 5 heteroatoms. The molecule has 3 aromatic rings. The molecule has 0 atom stereocenters. The van der Waals surface area contributed by atoms with Gasteiger partial charge in [-0.25, -0.2) is 4.39 Å². The zero-order valence-corrected chi connectivity index (χ0v) is 14.2. The number of nitrogens with one attached hydrogen (secondary N) is 2. The Morgan fingerprint density at radius 1 is 1.12 bits per heavy atom. The fourth-order valence-electron chi connectivity index (χ4n) is 3.21. The van der Waals surface area contributed by atoms with Crippen LogP contribution in [0.1, 0.15) is 11.1 Å². The molecule has 0 bridgehead atoms. The maximum atomic E-state index is 13.9. The van der Waals surface area contributed by atoms with Gasteiger partial charge in [0.15, 0.2) is 0 Å². The topological polar surface area (TPSA) is 50.4 Å². The lowest BCUT2D eigenvalue weighted by Gasteiger charge is -2.11. The Hall–Kier alpha value is -2.92. The minimum Gasteiger partial charge on any atom is -0.492 e. The normalized spacial score (nSPS) is 12.9. The summed E-state index contributed by atoms with van der Waals surface area (Å²) in [6.07, 6.45) is 0.363. The molecule has 1 aliphatic rings. The molecule has 4 rings (SSSR count). The van der Waals surface area contributed by atoms with E-state index in [0.29, 0.717) is 31.5 Å². The zero-order chi connectivity index (χ0) is 17.9. The lowest BCUT2D eigenvalue weighted by molar-refractivity contribution is -0.115. The first-order chi connectivity index (χ1) is 12.7. The van der Waals surface area contributed by atoms with Crippen molar-refractivity contribution in [3.63, 3.8) is 0 Å². The molecule has 3 aromatic carbocycles. The summed E-state index contributed by atoms with van der Waals surface area (Å²) >= 11 is 0. The van der Waals surface area contributed by atoms with E-state index in [9.17, 15) is 9.18 Å². The summed E-state index contributed by atoms with van der Waals surface area (Å²) < 4.78 is 19.7. The van der Waals surface area contributed by atoms with E-state index < -0.39 is 0 Å². The van der Waals surface area contributed by atoms with Gasteiger partial charge in [-0.15, -0.1) is 0 Å². The first-order valence-corrected chi connectivity index (χ1v) is 8.63. The summed E-state index contributed by atoms with van der Waals surface area (Å²) in [4.78, 5) is 11.5. The Morgan fingerprint density at radius 3 is 2.92 bits per heavy atom. The number of amides is 1. The molecular formula is C21H19FN2O2. The van der Waals surface area contributed by atoms with E-state index in [1.807, 2.05) is 42.5 Å². The molecule has 26 heavy (non-hydrogen) atoms. The molecule has 2 N–H and O–H groups in total. The first-order valence-electron chi connectivity index (χ1n) is 8.63. The van der Waals surface area contributed by atoms with Gasteiger partial charge in [0, 0.05) is 29.7 Å². The van der Waals surface area contributed by atoms with Crippen LogP contribution in [-0.4, -0.2) is 19.1 Å². The minimum absolute atomic E-state index is 0.00212. The van der Waals surface area contributed by atoms with Gasteiger partial charge in [-0.2, -0.15) is 0 Å². The number of benzene rings is 3. The van der Waals surface area contributed by atoms with Gasteiger partial charge in [0.05, 0.1) is 6.42 Å². The monoisotopic (exact) mass is 350 g/mol. The van der Waals surface area contributed by atoms with Gasteiger partial charge in [-0.05, 0) is 35.2 Å². The molecule has 1 amide bonds. The van der Waals surface area contributed by atoms with E-state index in [1.165, 1.54) is 6.07 Å². The maximum Gasteiger partial charge on any atom is 0.229 e. The van der Waals surface area contributed by atoms with E-state index in [1.54, 1.807) is 6.07 Å². The van der Waals surface area contributed by atoms with E-state index in [4.69, 9.17) is 4.74 Å². The average Bonchev–Trinajstić information content (AvgIpc) is 3.03. The molecule has 0 saturated heterocycles. The van der Waals surface area contributed by atoms with Crippen LogP contribution in [0.25, 0.3) is 10.8 Å². The Labute approximate surface area is 151 Å². The third-order valence-electron chi connectivity index (χ3n) is 4.50. The number of hydrogen-bond acceptors (Lipinski definition) is 3. The van der Waals surface area contributed by atoms with Gasteiger partial charge in [0.25, 0.3) is 0 Å². The second kappa shape index (κ2) is 7.14. The van der Waals surface area contributed by atoms with Crippen LogP contribution in [0.2, 0.25) is 0 Å². The molecule has 0 aromatic heterocycles. The maximum absolute atomic E-state index is 13.9. The van der Waals surface area contributed by atoms with Crippen LogP contribution in [0, 0.1) is 5.82 Å². The first kappa shape index (κ1) is 16.5. The predicted molar refractivity (Wildman–Crippen MR) is 99.9 cm³/mol. The zero-order valence-electron chi connectivity index (χ0n) is 14.2. The Morgan fingerprint density at radius 2 is 2.00 bits per heavy atom. The summed E-state index contributed by atoms with van der Waals surface area (Å²) in [5.74, 6) is 0.543. The van der Waals surface area contributed by atoms with Gasteiger partial charge in [0.2, 0.25) is 5.91 Å². The molecule has 0 fully saturated rings. The number of carbonyl (C=O) groups excluding carboxylic acids is 1. The standard InChI is InChI=1S/C21H19FN2O2/c22-18-4-1-3-15-8-7-14(11-16(15)18)13-23-9-10-26-20-6-2-5-19-17(20)12-21(25)24-19/h1-8,11,23H,9-10,12-13H2,(H,24,25). The van der Waals surface area contributed by atoms with Crippen molar-refractivity contribution in [1.29, 1.82) is 0 Å². The Kier molecular flexibility index (Phi) is 4.54. The number of rotatable bonds is 6. The smallest absolute Gasteiger partial charge is 0.229 e. The van der Waals surface area contributed by atoms with Crippen LogP contribution in [0.15, 0.2) is 54.6 Å². The van der Waals surface area contributed by atoms with Crippen LogP contribution >= 0.6 is 0 Å². The summed E-state index contributed by atoms with van der Waals surface area (Å²) in [5, 5.41) is 7.66. The van der Waals surface area contributed by atoms with Crippen LogP contribution in [-0.2, 0) is 17.8 Å². The lowest BCUT2D eigenvalue weighted by atomic mass is 10.1. The summed E-state index contributed by atoms with van der Waals surface area (Å²) in [7, 11) is 0. The van der Waals surface area contributed by atoms with Gasteiger partial charge >= 0.3 is 0 Å². The van der Waals surface area contributed by atoms with Crippen LogP contribution in [0.4, 0.5) is 10.1 Å². The van der Waals surface area contributed by atoms with Crippen LogP contribution < -0.4 is 15.4 Å². The highest BCUT2D eigenvalue weighted by Crippen LogP contribution is 2.31.